The standard InChI is InChI=1S/C17H29N3/c1-17(2,3)15-10-8-14(9-11-15)12-13-18-16(19(4)5)20(6)7/h8-11H,12-13H2,1-7H3. The molecule has 1 aromatic carbocycles. The van der Waals surface area contributed by atoms with Crippen molar-refractivity contribution in [1.29, 1.82) is 0 Å². The second kappa shape index (κ2) is 6.78. The summed E-state index contributed by atoms with van der Waals surface area (Å²) < 4.78 is 0. The molecule has 0 radical (unpaired) electrons. The minimum absolute atomic E-state index is 0.222. The minimum atomic E-state index is 0.222. The van der Waals surface area contributed by atoms with Crippen LogP contribution in [0, 0.1) is 0 Å². The summed E-state index contributed by atoms with van der Waals surface area (Å²) in [7, 11) is 8.10. The van der Waals surface area contributed by atoms with E-state index in [1.807, 2.05) is 38.0 Å². The van der Waals surface area contributed by atoms with Gasteiger partial charge in [0.1, 0.15) is 0 Å². The van der Waals surface area contributed by atoms with E-state index in [0.717, 1.165) is 18.9 Å². The summed E-state index contributed by atoms with van der Waals surface area (Å²) in [6.07, 6.45) is 0.982. The van der Waals surface area contributed by atoms with Crippen molar-refractivity contribution in [2.24, 2.45) is 4.99 Å². The number of hydrogen-bond acceptors (Lipinski definition) is 1. The van der Waals surface area contributed by atoms with Crippen LogP contribution in [-0.4, -0.2) is 50.5 Å². The number of guanidine groups is 1. The molecule has 20 heavy (non-hydrogen) atoms. The third-order valence-corrected chi connectivity index (χ3v) is 3.27. The normalized spacial score (nSPS) is 11.2. The first-order chi connectivity index (χ1) is 9.21. The lowest BCUT2D eigenvalue weighted by molar-refractivity contribution is 0.479. The highest BCUT2D eigenvalue weighted by Gasteiger charge is 2.12. The summed E-state index contributed by atoms with van der Waals surface area (Å²) in [5.41, 5.74) is 2.95. The topological polar surface area (TPSA) is 18.8 Å². The average Bonchev–Trinajstić information content (AvgIpc) is 2.33. The second-order valence-corrected chi connectivity index (χ2v) is 6.67. The van der Waals surface area contributed by atoms with Gasteiger partial charge < -0.3 is 9.80 Å². The van der Waals surface area contributed by atoms with Crippen LogP contribution in [0.3, 0.4) is 0 Å². The van der Waals surface area contributed by atoms with Crippen molar-refractivity contribution < 1.29 is 0 Å². The lowest BCUT2D eigenvalue weighted by Gasteiger charge is -2.22. The molecule has 0 amide bonds. The minimum Gasteiger partial charge on any atom is -0.349 e. The summed E-state index contributed by atoms with van der Waals surface area (Å²) in [5, 5.41) is 0. The number of hydrogen-bond donors (Lipinski definition) is 0. The summed E-state index contributed by atoms with van der Waals surface area (Å²) >= 11 is 0. The van der Waals surface area contributed by atoms with Gasteiger partial charge in [-0.25, -0.2) is 0 Å². The fourth-order valence-corrected chi connectivity index (χ4v) is 2.14. The van der Waals surface area contributed by atoms with E-state index in [0.29, 0.717) is 0 Å². The molecule has 0 spiro atoms. The van der Waals surface area contributed by atoms with E-state index in [-0.39, 0.29) is 5.41 Å². The van der Waals surface area contributed by atoms with Gasteiger partial charge in [0.2, 0.25) is 0 Å². The largest absolute Gasteiger partial charge is 0.349 e. The Kier molecular flexibility index (Phi) is 5.61. The molecule has 1 rings (SSSR count). The van der Waals surface area contributed by atoms with Crippen LogP contribution < -0.4 is 0 Å². The van der Waals surface area contributed by atoms with Crippen LogP contribution in [0.1, 0.15) is 31.9 Å². The first-order valence-corrected chi connectivity index (χ1v) is 7.20. The van der Waals surface area contributed by atoms with Crippen LogP contribution >= 0.6 is 0 Å². The van der Waals surface area contributed by atoms with Crippen molar-refractivity contribution in [3.05, 3.63) is 35.4 Å². The highest BCUT2D eigenvalue weighted by molar-refractivity contribution is 5.79. The zero-order valence-corrected chi connectivity index (χ0v) is 14.1. The average molecular weight is 275 g/mol. The first kappa shape index (κ1) is 16.5. The zero-order valence-electron chi connectivity index (χ0n) is 14.1. The second-order valence-electron chi connectivity index (χ2n) is 6.67. The SMILES string of the molecule is CN(C)C(=NCCc1ccc(C(C)(C)C)cc1)N(C)C. The Labute approximate surface area is 124 Å². The molecule has 0 saturated carbocycles. The number of nitrogens with zero attached hydrogens (tertiary/aromatic N) is 3. The highest BCUT2D eigenvalue weighted by Crippen LogP contribution is 2.22. The Bertz CT molecular complexity index is 426. The molecule has 0 saturated heterocycles. The van der Waals surface area contributed by atoms with E-state index in [1.165, 1.54) is 11.1 Å². The molecule has 3 nitrogen and oxygen atoms in total. The number of aliphatic imine (C=N–C) groups is 1. The molecule has 0 unspecified atom stereocenters. The maximum atomic E-state index is 4.66. The van der Waals surface area contributed by atoms with Gasteiger partial charge in [0, 0.05) is 34.7 Å². The Morgan fingerprint density at radius 2 is 1.45 bits per heavy atom. The van der Waals surface area contributed by atoms with Crippen LogP contribution in [0.2, 0.25) is 0 Å². The van der Waals surface area contributed by atoms with Crippen molar-refractivity contribution in [3.63, 3.8) is 0 Å². The molecule has 0 bridgehead atoms. The van der Waals surface area contributed by atoms with Gasteiger partial charge in [-0.2, -0.15) is 0 Å². The third-order valence-electron chi connectivity index (χ3n) is 3.27. The smallest absolute Gasteiger partial charge is 0.195 e. The molecular weight excluding hydrogens is 246 g/mol. The molecule has 0 atom stereocenters. The van der Waals surface area contributed by atoms with Gasteiger partial charge in [-0.1, -0.05) is 45.0 Å². The molecule has 0 N–H and O–H groups in total. The van der Waals surface area contributed by atoms with Gasteiger partial charge in [-0.3, -0.25) is 4.99 Å². The monoisotopic (exact) mass is 275 g/mol. The van der Waals surface area contributed by atoms with Gasteiger partial charge in [0.05, 0.1) is 0 Å². The molecule has 0 fully saturated rings. The van der Waals surface area contributed by atoms with Crippen molar-refractivity contribution in [2.75, 3.05) is 34.7 Å². The Balaban J connectivity index is 2.65. The molecule has 1 aromatic rings. The number of benzene rings is 1. The quantitative estimate of drug-likeness (QED) is 0.624. The van der Waals surface area contributed by atoms with Crippen LogP contribution in [0.15, 0.2) is 29.3 Å². The highest BCUT2D eigenvalue weighted by atomic mass is 15.3. The fourth-order valence-electron chi connectivity index (χ4n) is 2.14. The fraction of sp³-hybridized carbons (Fsp3) is 0.588. The van der Waals surface area contributed by atoms with E-state index >= 15 is 0 Å². The van der Waals surface area contributed by atoms with Crippen molar-refractivity contribution in [2.45, 2.75) is 32.6 Å². The van der Waals surface area contributed by atoms with Gasteiger partial charge in [0.25, 0.3) is 0 Å². The Morgan fingerprint density at radius 3 is 1.85 bits per heavy atom. The maximum absolute atomic E-state index is 4.66. The van der Waals surface area contributed by atoms with Gasteiger partial charge in [0.15, 0.2) is 5.96 Å². The summed E-state index contributed by atoms with van der Waals surface area (Å²) in [4.78, 5) is 8.75. The van der Waals surface area contributed by atoms with Gasteiger partial charge in [-0.15, -0.1) is 0 Å². The lowest BCUT2D eigenvalue weighted by atomic mass is 9.86. The molecule has 0 aromatic heterocycles. The first-order valence-electron chi connectivity index (χ1n) is 7.20. The summed E-state index contributed by atoms with van der Waals surface area (Å²) in [5.74, 6) is 1.01. The molecule has 3 heteroatoms. The molecule has 0 aliphatic carbocycles. The molecular formula is C17H29N3. The predicted octanol–water partition coefficient (Wildman–Crippen LogP) is 3.01. The molecule has 0 aliphatic heterocycles. The van der Waals surface area contributed by atoms with E-state index in [9.17, 15) is 0 Å². The Hall–Kier alpha value is -1.51. The molecule has 112 valence electrons. The summed E-state index contributed by atoms with van der Waals surface area (Å²) in [6, 6.07) is 8.91. The van der Waals surface area contributed by atoms with Crippen LogP contribution in [0.5, 0.6) is 0 Å². The van der Waals surface area contributed by atoms with Crippen molar-refractivity contribution >= 4 is 5.96 Å². The Morgan fingerprint density at radius 1 is 0.950 bits per heavy atom. The van der Waals surface area contributed by atoms with Crippen LogP contribution in [-0.2, 0) is 11.8 Å². The third kappa shape index (κ3) is 4.87. The van der Waals surface area contributed by atoms with Crippen LogP contribution in [0.4, 0.5) is 0 Å². The van der Waals surface area contributed by atoms with Crippen molar-refractivity contribution in [1.82, 2.24) is 9.80 Å². The molecule has 0 aliphatic rings. The van der Waals surface area contributed by atoms with Crippen LogP contribution in [0.25, 0.3) is 0 Å². The number of rotatable bonds is 3. The lowest BCUT2D eigenvalue weighted by Crippen LogP contribution is -2.35. The van der Waals surface area contributed by atoms with E-state index in [1.54, 1.807) is 0 Å². The maximum Gasteiger partial charge on any atom is 0.195 e. The molecule has 0 heterocycles. The predicted molar refractivity (Wildman–Crippen MR) is 88.5 cm³/mol. The van der Waals surface area contributed by atoms with Gasteiger partial charge in [-0.05, 0) is 23.0 Å². The van der Waals surface area contributed by atoms with E-state index in [2.05, 4.69) is 50.0 Å². The van der Waals surface area contributed by atoms with Gasteiger partial charge >= 0.3 is 0 Å². The van der Waals surface area contributed by atoms with E-state index < -0.39 is 0 Å². The summed E-state index contributed by atoms with van der Waals surface area (Å²) in [6.45, 7) is 7.55. The van der Waals surface area contributed by atoms with Crippen molar-refractivity contribution in [3.8, 4) is 0 Å². The van der Waals surface area contributed by atoms with E-state index in [4.69, 9.17) is 0 Å². The zero-order chi connectivity index (χ0) is 15.3.